The van der Waals surface area contributed by atoms with Crippen LogP contribution in [-0.4, -0.2) is 20.2 Å². The molecule has 2 aromatic rings. The first-order valence-electron chi connectivity index (χ1n) is 8.13. The van der Waals surface area contributed by atoms with Crippen LogP contribution < -0.4 is 4.50 Å². The van der Waals surface area contributed by atoms with E-state index >= 15 is 0 Å². The number of rotatable bonds is 5. The van der Waals surface area contributed by atoms with Gasteiger partial charge in [0.05, 0.1) is 8.80 Å². The van der Waals surface area contributed by atoms with Gasteiger partial charge in [-0.3, -0.25) is 4.90 Å². The Bertz CT molecular complexity index is 636. The van der Waals surface area contributed by atoms with Gasteiger partial charge >= 0.3 is 0 Å². The van der Waals surface area contributed by atoms with E-state index in [9.17, 15) is 0 Å². The molecule has 0 saturated carbocycles. The van der Waals surface area contributed by atoms with Crippen molar-refractivity contribution in [3.8, 4) is 0 Å². The van der Waals surface area contributed by atoms with Crippen LogP contribution in [0.25, 0.3) is 0 Å². The Morgan fingerprint density at radius 3 is 2.73 bits per heavy atom. The second-order valence-corrected chi connectivity index (χ2v) is 11.0. The first kappa shape index (κ1) is 16.3. The summed E-state index contributed by atoms with van der Waals surface area (Å²) in [4.78, 5) is 4.17. The molecule has 0 amide bonds. The molecule has 0 unspecified atom stereocenters. The number of nitrogens with zero attached hydrogens (tertiary/aromatic N) is 1. The lowest BCUT2D eigenvalue weighted by Gasteiger charge is -2.27. The van der Waals surface area contributed by atoms with Crippen molar-refractivity contribution in [2.75, 3.05) is 6.54 Å². The summed E-state index contributed by atoms with van der Waals surface area (Å²) in [5, 5.41) is 0.891. The second-order valence-electron chi connectivity index (χ2n) is 5.92. The van der Waals surface area contributed by atoms with Crippen molar-refractivity contribution in [2.45, 2.75) is 45.4 Å². The summed E-state index contributed by atoms with van der Waals surface area (Å²) in [6.45, 7) is 7.89. The van der Waals surface area contributed by atoms with Crippen molar-refractivity contribution in [3.63, 3.8) is 0 Å². The highest BCUT2D eigenvalue weighted by Crippen LogP contribution is 2.26. The predicted octanol–water partition coefficient (Wildman–Crippen LogP) is 4.70. The van der Waals surface area contributed by atoms with Gasteiger partial charge in [-0.25, -0.2) is 0 Å². The second kappa shape index (κ2) is 7.31. The molecule has 0 atom stereocenters. The Balaban J connectivity index is 1.72. The van der Waals surface area contributed by atoms with Gasteiger partial charge in [0.25, 0.3) is 0 Å². The van der Waals surface area contributed by atoms with Gasteiger partial charge in [0.1, 0.15) is 0 Å². The molecule has 1 aromatic heterocycles. The molecular formula is C18H23ClNSSi. The van der Waals surface area contributed by atoms with Gasteiger partial charge in [0.15, 0.2) is 0 Å². The van der Waals surface area contributed by atoms with Crippen molar-refractivity contribution >= 4 is 36.2 Å². The van der Waals surface area contributed by atoms with E-state index in [0.29, 0.717) is 0 Å². The van der Waals surface area contributed by atoms with E-state index in [2.05, 4.69) is 48.3 Å². The van der Waals surface area contributed by atoms with Crippen LogP contribution in [0.2, 0.25) is 17.1 Å². The van der Waals surface area contributed by atoms with Crippen molar-refractivity contribution in [2.24, 2.45) is 0 Å². The molecule has 1 aromatic carbocycles. The number of halogens is 1. The molecule has 0 fully saturated rings. The third-order valence-corrected chi connectivity index (χ3v) is 9.64. The molecule has 1 aliphatic heterocycles. The fourth-order valence-corrected chi connectivity index (χ4v) is 7.66. The molecular weight excluding hydrogens is 326 g/mol. The van der Waals surface area contributed by atoms with E-state index in [1.54, 1.807) is 14.9 Å². The smallest absolute Gasteiger partial charge is 0.0986 e. The van der Waals surface area contributed by atoms with Crippen LogP contribution >= 0.6 is 22.9 Å². The van der Waals surface area contributed by atoms with E-state index < -0.39 is 0 Å². The fourth-order valence-electron chi connectivity index (χ4n) is 3.17. The van der Waals surface area contributed by atoms with Crippen LogP contribution in [0.3, 0.4) is 0 Å². The summed E-state index contributed by atoms with van der Waals surface area (Å²) < 4.78 is 1.69. The molecule has 1 aliphatic rings. The highest BCUT2D eigenvalue weighted by atomic mass is 35.5. The standard InChI is InChI=1S/C18H23ClNSSi/c1-3-22(4-2)18-11-15-13-20(10-9-17(15)21-18)12-14-7-5-6-8-16(14)19/h5-8,11H,3-4,9-10,12-13H2,1-2H3. The largest absolute Gasteiger partial charge is 0.294 e. The number of benzene rings is 1. The minimum atomic E-state index is -0.297. The van der Waals surface area contributed by atoms with E-state index in [0.717, 1.165) is 24.7 Å². The third kappa shape index (κ3) is 3.48. The lowest BCUT2D eigenvalue weighted by atomic mass is 10.1. The van der Waals surface area contributed by atoms with Crippen LogP contribution in [0.5, 0.6) is 0 Å². The summed E-state index contributed by atoms with van der Waals surface area (Å²) in [5.74, 6) is 0. The van der Waals surface area contributed by atoms with Gasteiger partial charge in [-0.1, -0.05) is 55.7 Å². The maximum atomic E-state index is 6.31. The van der Waals surface area contributed by atoms with Crippen LogP contribution in [0.15, 0.2) is 30.3 Å². The van der Waals surface area contributed by atoms with E-state index in [1.807, 2.05) is 12.1 Å². The number of hydrogen-bond donors (Lipinski definition) is 0. The molecule has 0 spiro atoms. The van der Waals surface area contributed by atoms with Crippen LogP contribution in [0, 0.1) is 0 Å². The van der Waals surface area contributed by atoms with Gasteiger partial charge in [-0.05, 0) is 34.2 Å². The van der Waals surface area contributed by atoms with Crippen molar-refractivity contribution in [1.29, 1.82) is 0 Å². The molecule has 0 saturated heterocycles. The molecule has 4 heteroatoms. The number of thiophene rings is 1. The fraction of sp³-hybridized carbons (Fsp3) is 0.444. The molecule has 117 valence electrons. The number of fused-ring (bicyclic) bond motifs is 1. The lowest BCUT2D eigenvalue weighted by molar-refractivity contribution is 0.247. The van der Waals surface area contributed by atoms with Gasteiger partial charge in [-0.2, -0.15) is 0 Å². The number of hydrogen-bond acceptors (Lipinski definition) is 2. The SMILES string of the molecule is CC[Si](CC)c1cc2c(s1)CCN(Cc1ccccc1Cl)C2. The van der Waals surface area contributed by atoms with E-state index in [4.69, 9.17) is 11.6 Å². The summed E-state index contributed by atoms with van der Waals surface area (Å²) in [7, 11) is -0.297. The molecule has 0 aliphatic carbocycles. The Morgan fingerprint density at radius 2 is 2.00 bits per heavy atom. The monoisotopic (exact) mass is 348 g/mol. The summed E-state index contributed by atoms with van der Waals surface area (Å²) in [6.07, 6.45) is 1.20. The molecule has 2 heterocycles. The van der Waals surface area contributed by atoms with Gasteiger partial charge in [0.2, 0.25) is 0 Å². The lowest BCUT2D eigenvalue weighted by Crippen LogP contribution is -2.29. The molecule has 1 nitrogen and oxygen atoms in total. The van der Waals surface area contributed by atoms with Crippen molar-refractivity contribution in [3.05, 3.63) is 51.4 Å². The minimum Gasteiger partial charge on any atom is -0.294 e. The molecule has 22 heavy (non-hydrogen) atoms. The van der Waals surface area contributed by atoms with Crippen molar-refractivity contribution in [1.82, 2.24) is 4.90 Å². The Kier molecular flexibility index (Phi) is 5.40. The summed E-state index contributed by atoms with van der Waals surface area (Å²) in [6, 6.07) is 13.4. The van der Waals surface area contributed by atoms with Crippen LogP contribution in [0.4, 0.5) is 0 Å². The molecule has 3 rings (SSSR count). The quantitative estimate of drug-likeness (QED) is 0.708. The van der Waals surface area contributed by atoms with Gasteiger partial charge in [-0.15, -0.1) is 11.3 Å². The maximum Gasteiger partial charge on any atom is 0.0986 e. The topological polar surface area (TPSA) is 3.24 Å². The van der Waals surface area contributed by atoms with E-state index in [1.165, 1.54) is 24.1 Å². The zero-order chi connectivity index (χ0) is 15.5. The summed E-state index contributed by atoms with van der Waals surface area (Å²) >= 11 is 8.40. The molecule has 0 N–H and O–H groups in total. The first-order valence-corrected chi connectivity index (χ1v) is 11.2. The average Bonchev–Trinajstić information content (AvgIpc) is 2.94. The van der Waals surface area contributed by atoms with Crippen LogP contribution in [-0.2, 0) is 19.5 Å². The maximum absolute atomic E-state index is 6.31. The van der Waals surface area contributed by atoms with Crippen LogP contribution in [0.1, 0.15) is 29.9 Å². The first-order chi connectivity index (χ1) is 10.7. The van der Waals surface area contributed by atoms with Gasteiger partial charge < -0.3 is 0 Å². The van der Waals surface area contributed by atoms with E-state index in [-0.39, 0.29) is 8.80 Å². The van der Waals surface area contributed by atoms with Crippen molar-refractivity contribution < 1.29 is 0 Å². The predicted molar refractivity (Wildman–Crippen MR) is 99.9 cm³/mol. The average molecular weight is 349 g/mol. The zero-order valence-corrected chi connectivity index (χ0v) is 15.9. The van der Waals surface area contributed by atoms with Gasteiger partial charge in [0, 0.05) is 29.5 Å². The highest BCUT2D eigenvalue weighted by molar-refractivity contribution is 7.23. The third-order valence-electron chi connectivity index (χ3n) is 4.50. The zero-order valence-electron chi connectivity index (χ0n) is 13.4. The molecule has 1 radical (unpaired) electrons. The highest BCUT2D eigenvalue weighted by Gasteiger charge is 2.22. The Morgan fingerprint density at radius 1 is 1.23 bits per heavy atom. The Labute approximate surface area is 144 Å². The minimum absolute atomic E-state index is 0.297. The molecule has 0 bridgehead atoms. The normalized spacial score (nSPS) is 15.3. The Hall–Kier alpha value is -0.613. The summed E-state index contributed by atoms with van der Waals surface area (Å²) in [5.41, 5.74) is 2.82.